The Kier molecular flexibility index (Phi) is 9.31. The fraction of sp³-hybridized carbons (Fsp3) is 0.200. The van der Waals surface area contributed by atoms with Crippen LogP contribution < -0.4 is 23.9 Å². The summed E-state index contributed by atoms with van der Waals surface area (Å²) in [7, 11) is -1.31. The maximum absolute atomic E-state index is 13.6. The van der Waals surface area contributed by atoms with Gasteiger partial charge in [-0.2, -0.15) is 5.10 Å². The molecule has 0 heterocycles. The molecular weight excluding hydrogens is 550 g/mol. The molecule has 1 amide bonds. The van der Waals surface area contributed by atoms with Crippen LogP contribution in [0.4, 0.5) is 5.69 Å². The first-order chi connectivity index (χ1) is 17.3. The van der Waals surface area contributed by atoms with Gasteiger partial charge in [-0.25, -0.2) is 13.8 Å². The zero-order chi connectivity index (χ0) is 26.1. The lowest BCUT2D eigenvalue weighted by Crippen LogP contribution is -2.39. The fourth-order valence-electron chi connectivity index (χ4n) is 3.19. The van der Waals surface area contributed by atoms with Gasteiger partial charge in [0.15, 0.2) is 11.5 Å². The Hall–Kier alpha value is -3.57. The van der Waals surface area contributed by atoms with Gasteiger partial charge in [-0.3, -0.25) is 9.10 Å². The molecule has 0 saturated heterocycles. The fourth-order valence-corrected chi connectivity index (χ4v) is 4.89. The van der Waals surface area contributed by atoms with Gasteiger partial charge in [-0.1, -0.05) is 28.1 Å². The number of nitrogens with zero attached hydrogens (tertiary/aromatic N) is 2. The quantitative estimate of drug-likeness (QED) is 0.271. The number of anilines is 1. The van der Waals surface area contributed by atoms with Crippen molar-refractivity contribution in [1.82, 2.24) is 5.43 Å². The van der Waals surface area contributed by atoms with E-state index >= 15 is 0 Å². The van der Waals surface area contributed by atoms with Crippen LogP contribution in [0.2, 0.25) is 0 Å². The van der Waals surface area contributed by atoms with Crippen molar-refractivity contribution in [2.24, 2.45) is 5.10 Å². The zero-order valence-electron chi connectivity index (χ0n) is 20.0. The number of hydrazone groups is 1. The van der Waals surface area contributed by atoms with Crippen molar-refractivity contribution in [2.45, 2.75) is 11.8 Å². The number of benzene rings is 3. The first-order valence-electron chi connectivity index (χ1n) is 10.8. The van der Waals surface area contributed by atoms with E-state index in [9.17, 15) is 13.2 Å². The van der Waals surface area contributed by atoms with Crippen molar-refractivity contribution in [2.75, 3.05) is 31.7 Å². The molecule has 9 nitrogen and oxygen atoms in total. The Morgan fingerprint density at radius 2 is 1.67 bits per heavy atom. The Morgan fingerprint density at radius 1 is 1.00 bits per heavy atom. The van der Waals surface area contributed by atoms with Crippen LogP contribution in [0.25, 0.3) is 0 Å². The average Bonchev–Trinajstić information content (AvgIpc) is 2.88. The molecule has 3 aromatic rings. The molecule has 0 atom stereocenters. The van der Waals surface area contributed by atoms with Gasteiger partial charge in [0.1, 0.15) is 12.3 Å². The maximum Gasteiger partial charge on any atom is 0.264 e. The van der Waals surface area contributed by atoms with E-state index in [1.165, 1.54) is 38.6 Å². The van der Waals surface area contributed by atoms with E-state index in [-0.39, 0.29) is 16.3 Å². The summed E-state index contributed by atoms with van der Waals surface area (Å²) in [5, 5.41) is 3.94. The third-order valence-corrected chi connectivity index (χ3v) is 7.24. The van der Waals surface area contributed by atoms with Gasteiger partial charge in [0, 0.05) is 10.5 Å². The van der Waals surface area contributed by atoms with E-state index in [1.54, 1.807) is 24.3 Å². The molecule has 11 heteroatoms. The van der Waals surface area contributed by atoms with E-state index in [2.05, 4.69) is 26.5 Å². The molecule has 0 aliphatic rings. The lowest BCUT2D eigenvalue weighted by molar-refractivity contribution is -0.119. The van der Waals surface area contributed by atoms with Crippen molar-refractivity contribution < 1.29 is 27.4 Å². The predicted octanol–water partition coefficient (Wildman–Crippen LogP) is 4.21. The first-order valence-corrected chi connectivity index (χ1v) is 13.1. The zero-order valence-corrected chi connectivity index (χ0v) is 22.4. The molecule has 3 aromatic carbocycles. The number of rotatable bonds is 11. The Balaban J connectivity index is 1.90. The molecule has 0 unspecified atom stereocenters. The van der Waals surface area contributed by atoms with Crippen molar-refractivity contribution in [3.8, 4) is 17.2 Å². The van der Waals surface area contributed by atoms with Crippen LogP contribution in [0.5, 0.6) is 17.2 Å². The standard InChI is InChI=1S/C25H26BrN3O6S/c1-4-35-21-11-9-20(10-12-21)29(17-25(30)28-27-16-18-5-7-19(26)8-6-18)36(31,32)22-13-14-23(33-2)24(15-22)34-3/h5-16H,4,17H2,1-3H3,(H,28,30)/b27-16-. The van der Waals surface area contributed by atoms with E-state index in [1.807, 2.05) is 31.2 Å². The molecule has 36 heavy (non-hydrogen) atoms. The number of hydrogen-bond donors (Lipinski definition) is 1. The molecular formula is C25H26BrN3O6S. The number of methoxy groups -OCH3 is 2. The normalized spacial score (nSPS) is 11.2. The summed E-state index contributed by atoms with van der Waals surface area (Å²) in [6.45, 7) is 1.80. The lowest BCUT2D eigenvalue weighted by atomic mass is 10.2. The Bertz CT molecular complexity index is 1310. The van der Waals surface area contributed by atoms with Gasteiger partial charge in [0.05, 0.1) is 37.6 Å². The third-order valence-electron chi connectivity index (χ3n) is 4.94. The van der Waals surface area contributed by atoms with Gasteiger partial charge in [-0.05, 0) is 61.0 Å². The second-order valence-corrected chi connectivity index (χ2v) is 10.1. The van der Waals surface area contributed by atoms with Crippen LogP contribution in [0.1, 0.15) is 12.5 Å². The first kappa shape index (κ1) is 27.0. The third kappa shape index (κ3) is 6.76. The molecule has 0 fully saturated rings. The molecule has 0 aliphatic heterocycles. The number of carbonyl (C=O) groups excluding carboxylic acids is 1. The van der Waals surface area contributed by atoms with Crippen molar-refractivity contribution >= 4 is 43.8 Å². The minimum absolute atomic E-state index is 0.0693. The molecule has 0 saturated carbocycles. The van der Waals surface area contributed by atoms with Gasteiger partial charge in [0.25, 0.3) is 15.9 Å². The molecule has 0 spiro atoms. The Morgan fingerprint density at radius 3 is 2.28 bits per heavy atom. The smallest absolute Gasteiger partial charge is 0.264 e. The summed E-state index contributed by atoms with van der Waals surface area (Å²) in [6, 6.07) is 18.0. The molecule has 190 valence electrons. The average molecular weight is 576 g/mol. The van der Waals surface area contributed by atoms with Crippen LogP contribution in [0, 0.1) is 0 Å². The number of halogens is 1. The van der Waals surface area contributed by atoms with Crippen LogP contribution >= 0.6 is 15.9 Å². The summed E-state index contributed by atoms with van der Waals surface area (Å²) in [5.41, 5.74) is 3.43. The number of carbonyl (C=O) groups is 1. The highest BCUT2D eigenvalue weighted by atomic mass is 79.9. The van der Waals surface area contributed by atoms with Crippen molar-refractivity contribution in [1.29, 1.82) is 0 Å². The Labute approximate surface area is 218 Å². The van der Waals surface area contributed by atoms with E-state index in [0.29, 0.717) is 18.1 Å². The highest BCUT2D eigenvalue weighted by Crippen LogP contribution is 2.32. The second kappa shape index (κ2) is 12.4. The molecule has 0 radical (unpaired) electrons. The number of ether oxygens (including phenoxy) is 3. The molecule has 3 rings (SSSR count). The molecule has 1 N–H and O–H groups in total. The second-order valence-electron chi connectivity index (χ2n) is 7.30. The number of nitrogens with one attached hydrogen (secondary N) is 1. The SMILES string of the molecule is CCOc1ccc(N(CC(=O)N/N=C\c2ccc(Br)cc2)S(=O)(=O)c2ccc(OC)c(OC)c2)cc1. The minimum Gasteiger partial charge on any atom is -0.494 e. The van der Waals surface area contributed by atoms with Crippen molar-refractivity contribution in [3.05, 3.63) is 76.8 Å². The summed E-state index contributed by atoms with van der Waals surface area (Å²) in [4.78, 5) is 12.7. The van der Waals surface area contributed by atoms with Crippen LogP contribution in [0.3, 0.4) is 0 Å². The minimum atomic E-state index is -4.17. The molecule has 0 aliphatic carbocycles. The monoisotopic (exact) mass is 575 g/mol. The summed E-state index contributed by atoms with van der Waals surface area (Å²) < 4.78 is 45.1. The summed E-state index contributed by atoms with van der Waals surface area (Å²) in [6.07, 6.45) is 1.47. The predicted molar refractivity (Wildman–Crippen MR) is 142 cm³/mol. The largest absolute Gasteiger partial charge is 0.494 e. The summed E-state index contributed by atoms with van der Waals surface area (Å²) >= 11 is 3.35. The van der Waals surface area contributed by atoms with E-state index in [4.69, 9.17) is 14.2 Å². The number of hydrogen-bond acceptors (Lipinski definition) is 7. The van der Waals surface area contributed by atoms with Crippen LogP contribution in [0.15, 0.2) is 81.2 Å². The van der Waals surface area contributed by atoms with Gasteiger partial charge < -0.3 is 14.2 Å². The van der Waals surface area contributed by atoms with Gasteiger partial charge in [-0.15, -0.1) is 0 Å². The highest BCUT2D eigenvalue weighted by molar-refractivity contribution is 9.10. The van der Waals surface area contributed by atoms with Gasteiger partial charge >= 0.3 is 0 Å². The van der Waals surface area contributed by atoms with E-state index in [0.717, 1.165) is 14.3 Å². The summed E-state index contributed by atoms with van der Waals surface area (Å²) in [5.74, 6) is 0.576. The maximum atomic E-state index is 13.6. The topological polar surface area (TPSA) is 107 Å². The molecule has 0 aromatic heterocycles. The number of sulfonamides is 1. The van der Waals surface area contributed by atoms with Gasteiger partial charge in [0.2, 0.25) is 0 Å². The highest BCUT2D eigenvalue weighted by Gasteiger charge is 2.28. The van der Waals surface area contributed by atoms with E-state index < -0.39 is 22.5 Å². The van der Waals surface area contributed by atoms with Crippen LogP contribution in [-0.2, 0) is 14.8 Å². The van der Waals surface area contributed by atoms with Crippen molar-refractivity contribution in [3.63, 3.8) is 0 Å². The number of amides is 1. The molecule has 0 bridgehead atoms. The van der Waals surface area contributed by atoms with Crippen LogP contribution in [-0.4, -0.2) is 47.9 Å². The lowest BCUT2D eigenvalue weighted by Gasteiger charge is -2.24.